The van der Waals surface area contributed by atoms with Crippen LogP contribution in [0, 0.1) is 0 Å². The molecule has 0 radical (unpaired) electrons. The molecular weight excluding hydrogens is 256 g/mol. The molecule has 0 aromatic carbocycles. The molecule has 0 saturated carbocycles. The topological polar surface area (TPSA) is 84.5 Å². The average Bonchev–Trinajstić information content (AvgIpc) is 2.32. The Morgan fingerprint density at radius 3 is 2.33 bits per heavy atom. The van der Waals surface area contributed by atoms with Crippen LogP contribution >= 0.6 is 12.6 Å². The van der Waals surface area contributed by atoms with Gasteiger partial charge in [-0.1, -0.05) is 6.92 Å². The Hall–Kier alpha value is -1.24. The highest BCUT2D eigenvalue weighted by molar-refractivity contribution is 7.81. The highest BCUT2D eigenvalue weighted by Gasteiger charge is 2.35. The van der Waals surface area contributed by atoms with Crippen LogP contribution in [0.5, 0.6) is 0 Å². The molecule has 6 nitrogen and oxygen atoms in total. The molecule has 0 aromatic rings. The Morgan fingerprint density at radius 2 is 1.94 bits per heavy atom. The third kappa shape index (κ3) is 5.39. The summed E-state index contributed by atoms with van der Waals surface area (Å²) in [5.74, 6) is -1.35. The summed E-state index contributed by atoms with van der Waals surface area (Å²) in [6.07, 6.45) is 0.576. The molecule has 0 spiro atoms. The van der Waals surface area contributed by atoms with E-state index in [1.807, 2.05) is 6.92 Å². The molecule has 18 heavy (non-hydrogen) atoms. The molecule has 0 aliphatic rings. The molecule has 2 atom stereocenters. The van der Waals surface area contributed by atoms with Crippen LogP contribution < -0.4 is 10.6 Å². The minimum Gasteiger partial charge on any atom is -0.468 e. The first-order chi connectivity index (χ1) is 8.24. The summed E-state index contributed by atoms with van der Waals surface area (Å²) in [5.41, 5.74) is 0. The van der Waals surface area contributed by atoms with Gasteiger partial charge in [0.15, 0.2) is 0 Å². The zero-order valence-electron chi connectivity index (χ0n) is 11.1. The van der Waals surface area contributed by atoms with E-state index in [0.717, 1.165) is 0 Å². The Kier molecular flexibility index (Phi) is 6.75. The monoisotopic (exact) mass is 276 g/mol. The summed E-state index contributed by atoms with van der Waals surface area (Å²) in [5, 5.41) is 4.94. The predicted octanol–water partition coefficient (Wildman–Crippen LogP) is -0.121. The van der Waals surface area contributed by atoms with Crippen LogP contribution in [-0.4, -0.2) is 42.2 Å². The van der Waals surface area contributed by atoms with E-state index in [1.165, 1.54) is 14.0 Å². The van der Waals surface area contributed by atoms with Gasteiger partial charge < -0.3 is 15.4 Å². The van der Waals surface area contributed by atoms with Gasteiger partial charge in [0.1, 0.15) is 12.6 Å². The highest BCUT2D eigenvalue weighted by atomic mass is 32.1. The molecule has 2 amide bonds. The highest BCUT2D eigenvalue weighted by Crippen LogP contribution is 2.23. The third-order valence-corrected chi connectivity index (χ3v) is 3.16. The van der Waals surface area contributed by atoms with Crippen molar-refractivity contribution in [3.8, 4) is 0 Å². The number of nitrogens with one attached hydrogen (secondary N) is 2. The van der Waals surface area contributed by atoms with Crippen molar-refractivity contribution in [3.05, 3.63) is 0 Å². The van der Waals surface area contributed by atoms with Gasteiger partial charge in [-0.05, 0) is 13.3 Å². The first-order valence-corrected chi connectivity index (χ1v) is 6.03. The second kappa shape index (κ2) is 7.25. The number of methoxy groups -OCH3 is 1. The standard InChI is InChI=1S/C11H20N2O4S/c1-5-11(3,18)9(13-7(2)14)10(16)12-6-8(15)17-4/h9,18H,5-6H2,1-4H3,(H,12,16)(H,13,14)/t9-,11-/m1/s1. The zero-order valence-corrected chi connectivity index (χ0v) is 12.0. The maximum Gasteiger partial charge on any atom is 0.325 e. The molecule has 0 fully saturated rings. The van der Waals surface area contributed by atoms with E-state index in [1.54, 1.807) is 6.92 Å². The van der Waals surface area contributed by atoms with Crippen LogP contribution in [0.3, 0.4) is 0 Å². The van der Waals surface area contributed by atoms with Gasteiger partial charge >= 0.3 is 5.97 Å². The Bertz CT molecular complexity index is 331. The van der Waals surface area contributed by atoms with Crippen molar-refractivity contribution in [2.45, 2.75) is 38.0 Å². The van der Waals surface area contributed by atoms with Crippen molar-refractivity contribution in [2.24, 2.45) is 0 Å². The van der Waals surface area contributed by atoms with Gasteiger partial charge in [0, 0.05) is 11.7 Å². The molecule has 0 aromatic heterocycles. The lowest BCUT2D eigenvalue weighted by Gasteiger charge is -2.31. The molecule has 2 N–H and O–H groups in total. The number of carbonyl (C=O) groups excluding carboxylic acids is 3. The minimum atomic E-state index is -0.812. The van der Waals surface area contributed by atoms with Crippen LogP contribution in [0.2, 0.25) is 0 Å². The molecule has 7 heteroatoms. The largest absolute Gasteiger partial charge is 0.468 e. The van der Waals surface area contributed by atoms with Crippen LogP contribution in [-0.2, 0) is 19.1 Å². The summed E-state index contributed by atoms with van der Waals surface area (Å²) in [4.78, 5) is 34.0. The van der Waals surface area contributed by atoms with Gasteiger partial charge in [-0.3, -0.25) is 14.4 Å². The summed E-state index contributed by atoms with van der Waals surface area (Å²) in [6, 6.07) is -0.812. The predicted molar refractivity (Wildman–Crippen MR) is 70.3 cm³/mol. The molecule has 0 heterocycles. The second-order valence-corrected chi connectivity index (χ2v) is 5.16. The first-order valence-electron chi connectivity index (χ1n) is 5.58. The second-order valence-electron chi connectivity index (χ2n) is 4.14. The first kappa shape index (κ1) is 16.8. The van der Waals surface area contributed by atoms with Gasteiger partial charge in [0.05, 0.1) is 7.11 Å². The Morgan fingerprint density at radius 1 is 1.39 bits per heavy atom. The summed E-state index contributed by atoms with van der Waals surface area (Å²) < 4.78 is 3.71. The van der Waals surface area contributed by atoms with Crippen molar-refractivity contribution in [1.82, 2.24) is 10.6 Å². The van der Waals surface area contributed by atoms with Gasteiger partial charge in [0.25, 0.3) is 0 Å². The molecule has 104 valence electrons. The number of amides is 2. The summed E-state index contributed by atoms with van der Waals surface area (Å²) in [7, 11) is 1.23. The number of esters is 1. The lowest BCUT2D eigenvalue weighted by Crippen LogP contribution is -2.56. The fourth-order valence-electron chi connectivity index (χ4n) is 1.24. The van der Waals surface area contributed by atoms with E-state index >= 15 is 0 Å². The molecule has 0 aliphatic heterocycles. The number of thiol groups is 1. The SMILES string of the molecule is CC[C@@](C)(S)[C@H](NC(C)=O)C(=O)NCC(=O)OC. The quantitative estimate of drug-likeness (QED) is 0.466. The average molecular weight is 276 g/mol. The van der Waals surface area contributed by atoms with Gasteiger partial charge in [-0.2, -0.15) is 12.6 Å². The molecular formula is C11H20N2O4S. The van der Waals surface area contributed by atoms with E-state index in [-0.39, 0.29) is 12.5 Å². The van der Waals surface area contributed by atoms with E-state index < -0.39 is 22.7 Å². The van der Waals surface area contributed by atoms with Gasteiger partial charge in [0.2, 0.25) is 11.8 Å². The molecule has 0 saturated heterocycles. The smallest absolute Gasteiger partial charge is 0.325 e. The number of rotatable bonds is 6. The number of hydrogen-bond acceptors (Lipinski definition) is 5. The fourth-order valence-corrected chi connectivity index (χ4v) is 1.43. The van der Waals surface area contributed by atoms with Crippen molar-refractivity contribution in [1.29, 1.82) is 0 Å². The minimum absolute atomic E-state index is 0.237. The molecule has 0 unspecified atom stereocenters. The normalized spacial score (nSPS) is 15.2. The summed E-state index contributed by atoms with van der Waals surface area (Å²) >= 11 is 4.37. The van der Waals surface area contributed by atoms with Crippen molar-refractivity contribution < 1.29 is 19.1 Å². The molecule has 0 bridgehead atoms. The zero-order chi connectivity index (χ0) is 14.3. The van der Waals surface area contributed by atoms with E-state index in [0.29, 0.717) is 6.42 Å². The van der Waals surface area contributed by atoms with Crippen LogP contribution in [0.15, 0.2) is 0 Å². The number of ether oxygens (including phenoxy) is 1. The Balaban J connectivity index is 4.70. The van der Waals surface area contributed by atoms with E-state index in [4.69, 9.17) is 0 Å². The van der Waals surface area contributed by atoms with E-state index in [2.05, 4.69) is 28.0 Å². The maximum absolute atomic E-state index is 11.9. The maximum atomic E-state index is 11.9. The van der Waals surface area contributed by atoms with Crippen LogP contribution in [0.1, 0.15) is 27.2 Å². The van der Waals surface area contributed by atoms with Crippen molar-refractivity contribution >= 4 is 30.4 Å². The number of carbonyl (C=O) groups is 3. The third-order valence-electron chi connectivity index (χ3n) is 2.58. The van der Waals surface area contributed by atoms with Crippen LogP contribution in [0.4, 0.5) is 0 Å². The van der Waals surface area contributed by atoms with E-state index in [9.17, 15) is 14.4 Å². The number of hydrogen-bond donors (Lipinski definition) is 3. The van der Waals surface area contributed by atoms with Gasteiger partial charge in [-0.25, -0.2) is 0 Å². The van der Waals surface area contributed by atoms with Crippen LogP contribution in [0.25, 0.3) is 0 Å². The molecule has 0 aliphatic carbocycles. The molecule has 0 rings (SSSR count). The van der Waals surface area contributed by atoms with Crippen molar-refractivity contribution in [2.75, 3.05) is 13.7 Å². The summed E-state index contributed by atoms with van der Waals surface area (Å²) in [6.45, 7) is 4.68. The van der Waals surface area contributed by atoms with Crippen molar-refractivity contribution in [3.63, 3.8) is 0 Å². The fraction of sp³-hybridized carbons (Fsp3) is 0.727. The lowest BCUT2D eigenvalue weighted by atomic mass is 9.97. The Labute approximate surface area is 112 Å². The van der Waals surface area contributed by atoms with Gasteiger partial charge in [-0.15, -0.1) is 0 Å². The lowest BCUT2D eigenvalue weighted by molar-refractivity contribution is -0.141.